The number of rotatable bonds is 6. The molecule has 0 amide bonds. The third-order valence-electron chi connectivity index (χ3n) is 20.1. The van der Waals surface area contributed by atoms with Gasteiger partial charge in [-0.25, -0.2) is 0 Å². The number of benzene rings is 12. The summed E-state index contributed by atoms with van der Waals surface area (Å²) in [4.78, 5) is 0. The Morgan fingerprint density at radius 3 is 0.467 bits per heavy atom. The predicted octanol–water partition coefficient (Wildman–Crippen LogP) is 26.8. The Morgan fingerprint density at radius 2 is 0.333 bits per heavy atom. The largest absolute Gasteiger partial charge is 0.457 e. The molecule has 21 aliphatic rings. The van der Waals surface area contributed by atoms with Crippen molar-refractivity contribution in [2.45, 2.75) is 118 Å². The average Bonchev–Trinajstić information content (AvgIpc) is 1.69. The second kappa shape index (κ2) is 25.8. The predicted molar refractivity (Wildman–Crippen MR) is 467 cm³/mol. The molecule has 12 aromatic carbocycles. The Labute approximate surface area is 626 Å². The van der Waals surface area contributed by atoms with Gasteiger partial charge in [0, 0.05) is 33.4 Å². The van der Waals surface area contributed by atoms with Gasteiger partial charge in [-0.2, -0.15) is 0 Å². The fourth-order valence-electron chi connectivity index (χ4n) is 16.1. The van der Waals surface area contributed by atoms with Gasteiger partial charge in [-0.3, -0.25) is 0 Å². The van der Waals surface area contributed by atoms with Crippen molar-refractivity contribution < 1.29 is 28.4 Å². The first-order valence-corrected chi connectivity index (χ1v) is 58.8. The number of hydrogen-bond donors (Lipinski definition) is 0. The zero-order valence-electron chi connectivity index (χ0n) is 64.4. The van der Waals surface area contributed by atoms with E-state index in [1.807, 2.05) is 0 Å². The van der Waals surface area contributed by atoms with Crippen molar-refractivity contribution in [1.29, 1.82) is 0 Å². The summed E-state index contributed by atoms with van der Waals surface area (Å²) in [5.74, 6) is 4.88. The van der Waals surface area contributed by atoms with E-state index in [4.69, 9.17) is 28.4 Å². The maximum absolute atomic E-state index is 6.62. The molecule has 0 radical (unpaired) electrons. The molecular formula is C93H96O6Si6. The summed E-state index contributed by atoms with van der Waals surface area (Å²) in [5, 5.41) is 13.6. The van der Waals surface area contributed by atoms with E-state index < -0.39 is 48.4 Å². The van der Waals surface area contributed by atoms with Crippen LogP contribution in [0.4, 0.5) is 0 Å². The quantitative estimate of drug-likeness (QED) is 0.155. The van der Waals surface area contributed by atoms with E-state index in [0.717, 1.165) is 133 Å². The molecule has 0 spiro atoms. The zero-order valence-corrected chi connectivity index (χ0v) is 70.4. The fraction of sp³-hybridized carbons (Fsp3) is 0.226. The molecule has 0 unspecified atom stereocenters. The summed E-state index contributed by atoms with van der Waals surface area (Å²) in [6.45, 7) is 44.6. The van der Waals surface area contributed by atoms with Crippen molar-refractivity contribution in [1.82, 2.24) is 0 Å². The number of ether oxygens (including phenoxy) is 6. The van der Waals surface area contributed by atoms with Crippen molar-refractivity contribution in [3.05, 3.63) is 250 Å². The molecule has 3 aliphatic heterocycles. The third-order valence-corrected chi connectivity index (χ3v) is 27.1. The van der Waals surface area contributed by atoms with Crippen molar-refractivity contribution in [3.63, 3.8) is 0 Å². The van der Waals surface area contributed by atoms with Crippen molar-refractivity contribution in [3.8, 4) is 67.9 Å². The van der Waals surface area contributed by atoms with Gasteiger partial charge in [0.2, 0.25) is 20.4 Å². The summed E-state index contributed by atoms with van der Waals surface area (Å²) < 4.78 is 39.7. The molecule has 24 bridgehead atoms. The second-order valence-corrected chi connectivity index (χ2v) is 66.1. The molecule has 12 aromatic rings. The van der Waals surface area contributed by atoms with E-state index in [-0.39, 0.29) is 20.4 Å². The smallest absolute Gasteiger partial charge is 0.230 e. The maximum Gasteiger partial charge on any atom is 0.230 e. The lowest BCUT2D eigenvalue weighted by Crippen LogP contribution is -2.19. The van der Waals surface area contributed by atoms with Crippen molar-refractivity contribution in [2.75, 3.05) is 20.4 Å². The standard InChI is InChI=1S/C93H96O6Si6/c1-100(2,3)49-76-64-19-31-70-58(43-64)25-37-82-88(70)90-72-33-21-66(45-60(72)27-39-84(90)96-55-94-82)78(51-102(7,8)9)80(53-104(13,14)15)68-23-35-74-62(47-68)29-41-86-92(74)93-75-36-24-69(48-63(75)30-42-87(93)99-57-98-86)81(54-105(16,17)18)79(52-103(10,11)12)67-22-34-73-61(46-67)28-40-85-91(73)89-71-32-20-65(77(76)50-101(4,5)6)44-59(71)26-38-83(89)95-56-97-85/h19-54H,55-57H2,1-18H3. The molecule has 0 fully saturated rings. The number of allylic oxidation sites excluding steroid dienone is 6. The summed E-state index contributed by atoms with van der Waals surface area (Å²) in [6, 6.07) is 69.4. The molecule has 0 saturated carbocycles. The van der Waals surface area contributed by atoms with Crippen LogP contribution in [0.2, 0.25) is 118 Å². The molecule has 0 atom stereocenters. The third kappa shape index (κ3) is 13.8. The average molecular weight is 1480 g/mol. The summed E-state index contributed by atoms with van der Waals surface area (Å²) in [5.41, 5.74) is 36.9. The van der Waals surface area contributed by atoms with Crippen LogP contribution in [0.15, 0.2) is 216 Å². The van der Waals surface area contributed by atoms with Gasteiger partial charge < -0.3 is 28.4 Å². The van der Waals surface area contributed by atoms with Gasteiger partial charge in [0.05, 0.1) is 48.4 Å². The Morgan fingerprint density at radius 1 is 0.190 bits per heavy atom. The minimum absolute atomic E-state index is 0.114. The highest BCUT2D eigenvalue weighted by Crippen LogP contribution is 2.54. The first-order chi connectivity index (χ1) is 49.7. The second-order valence-electron chi connectivity index (χ2n) is 36.0. The van der Waals surface area contributed by atoms with Crippen molar-refractivity contribution in [2.24, 2.45) is 0 Å². The molecule has 12 heteroatoms. The highest BCUT2D eigenvalue weighted by atomic mass is 28.3. The lowest BCUT2D eigenvalue weighted by molar-refractivity contribution is 0.124. The molecule has 0 N–H and O–H groups in total. The number of hydrogen-bond acceptors (Lipinski definition) is 6. The van der Waals surface area contributed by atoms with Crippen LogP contribution in [0, 0.1) is 0 Å². The maximum atomic E-state index is 6.62. The van der Waals surface area contributed by atoms with Crippen LogP contribution < -0.4 is 28.4 Å². The normalized spacial score (nSPS) is 17.3. The first kappa shape index (κ1) is 70.1. The van der Waals surface area contributed by atoms with Crippen LogP contribution in [0.5, 0.6) is 34.5 Å². The van der Waals surface area contributed by atoms with Gasteiger partial charge in [-0.15, -0.1) is 0 Å². The van der Waals surface area contributed by atoms with E-state index in [9.17, 15) is 0 Å². The minimum atomic E-state index is -1.91. The van der Waals surface area contributed by atoms with E-state index >= 15 is 0 Å². The van der Waals surface area contributed by atoms with E-state index in [0.29, 0.717) is 0 Å². The van der Waals surface area contributed by atoms with Crippen LogP contribution in [0.25, 0.3) is 131 Å². The Kier molecular flexibility index (Phi) is 17.2. The van der Waals surface area contributed by atoms with Crippen LogP contribution in [0.3, 0.4) is 0 Å². The fourth-order valence-corrected chi connectivity index (χ4v) is 23.2. The van der Waals surface area contributed by atoms with Crippen LogP contribution in [-0.4, -0.2) is 68.8 Å². The van der Waals surface area contributed by atoms with Gasteiger partial charge >= 0.3 is 0 Å². The van der Waals surface area contributed by atoms with Gasteiger partial charge in [0.1, 0.15) is 34.5 Å². The molecule has 105 heavy (non-hydrogen) atoms. The molecule has 3 heterocycles. The summed E-state index contributed by atoms with van der Waals surface area (Å²) in [7, 11) is -11.5. The molecular weight excluding hydrogens is 1380 g/mol. The van der Waals surface area contributed by atoms with Crippen LogP contribution in [-0.2, 0) is 0 Å². The topological polar surface area (TPSA) is 55.4 Å². The van der Waals surface area contributed by atoms with E-state index in [1.54, 1.807) is 0 Å². The molecule has 0 saturated heterocycles. The van der Waals surface area contributed by atoms with E-state index in [2.05, 4.69) is 334 Å². The van der Waals surface area contributed by atoms with Gasteiger partial charge in [0.25, 0.3) is 0 Å². The molecule has 18 aliphatic carbocycles. The lowest BCUT2D eigenvalue weighted by atomic mass is 9.86. The SMILES string of the molecule is C[Si](C)(C)C=C1C(=C[Si](C)(C)C)c2ccc3c4c(ccc3c2)OCOc2ccc3cc(ccc3c2-4)C(=C[Si](C)(C)C)C(=C[Si](C)(C)C)c2ccc3c4c(ccc3c2)OCOc2ccc3cc(ccc3c2-4)C(=C[Si](C)(C)C)C(=C[Si](C)(C)C)c2ccc3c4c(ccc3c2)OCOc2ccc3cc1ccc3c2-4. The monoisotopic (exact) mass is 1480 g/mol. The summed E-state index contributed by atoms with van der Waals surface area (Å²) in [6.07, 6.45) is 0. The lowest BCUT2D eigenvalue weighted by Gasteiger charge is -2.24. The highest BCUT2D eigenvalue weighted by molar-refractivity contribution is 6.85. The van der Waals surface area contributed by atoms with Crippen LogP contribution in [0.1, 0.15) is 33.4 Å². The van der Waals surface area contributed by atoms with Gasteiger partial charge in [0.15, 0.2) is 0 Å². The Hall–Kier alpha value is -9.26. The van der Waals surface area contributed by atoms with E-state index in [1.165, 1.54) is 66.8 Å². The van der Waals surface area contributed by atoms with Crippen molar-refractivity contribution >= 4 is 147 Å². The zero-order chi connectivity index (χ0) is 73.6. The van der Waals surface area contributed by atoms with Gasteiger partial charge in [-0.1, -0.05) is 261 Å². The minimum Gasteiger partial charge on any atom is -0.457 e. The molecule has 6 nitrogen and oxygen atoms in total. The molecule has 33 rings (SSSR count). The Bertz CT molecular complexity index is 4950. The van der Waals surface area contributed by atoms with Gasteiger partial charge in [-0.05, 0) is 204 Å². The highest BCUT2D eigenvalue weighted by Gasteiger charge is 2.31. The Balaban J connectivity index is 0.968. The van der Waals surface area contributed by atoms with Crippen LogP contribution >= 0.6 is 0 Å². The molecule has 0 aromatic heterocycles. The summed E-state index contributed by atoms with van der Waals surface area (Å²) >= 11 is 0. The molecule has 528 valence electrons. The first-order valence-electron chi connectivity index (χ1n) is 37.3.